The molecule has 0 unspecified atom stereocenters. The first kappa shape index (κ1) is 56.0. The molecule has 79 heavy (non-hydrogen) atoms. The van der Waals surface area contributed by atoms with E-state index in [0.717, 1.165) is 30.0 Å². The van der Waals surface area contributed by atoms with E-state index in [0.29, 0.717) is 80.5 Å². The fourth-order valence-corrected chi connectivity index (χ4v) is 12.9. The number of anilines is 2. The molecule has 0 bridgehead atoms. The van der Waals surface area contributed by atoms with Crippen LogP contribution in [0.1, 0.15) is 56.1 Å². The number of ether oxygens (including phenoxy) is 3. The number of sulfonamides is 2. The first-order valence-electron chi connectivity index (χ1n) is 24.4. The van der Waals surface area contributed by atoms with Crippen molar-refractivity contribution >= 4 is 66.6 Å². The zero-order chi connectivity index (χ0) is 56.5. The Hall–Kier alpha value is -7.78. The van der Waals surface area contributed by atoms with E-state index in [9.17, 15) is 49.1 Å². The van der Waals surface area contributed by atoms with Crippen molar-refractivity contribution in [2.24, 2.45) is 0 Å². The molecule has 8 aromatic rings. The third-order valence-corrected chi connectivity index (χ3v) is 17.4. The molecule has 0 radical (unpaired) electrons. The van der Waals surface area contributed by atoms with Crippen molar-refractivity contribution in [3.8, 4) is 45.4 Å². The van der Waals surface area contributed by atoms with Gasteiger partial charge in [-0.2, -0.15) is 0 Å². The standard InChI is InChI=1S/C29H25ClF2N2O5S.C28H23ClF2N2O5S/c1-18-7-9-27(23-15-20(30)8-10-28(23)39-17-24-25(31)5-3-6-26(24)32)34(18)22-14-19(29(35)38-2)13-21(16-22)33-11-4-12-40(33,36)37;1-17-6-8-26(22-14-19(29)7-9-27(22)38-16-23-24(30)4-2-5-25(23)31)33(17)21-13-18(28(34)35)12-20(15-21)32-10-3-11-39(32,36)37/h3,5-10,13-16H,4,11-12,17H2,1-2H3;2,4-9,12-15H,3,10-11,16H2,1H3,(H,34,35). The van der Waals surface area contributed by atoms with Crippen LogP contribution in [0.15, 0.2) is 133 Å². The SMILES string of the molecule is COC(=O)c1cc(N2CCCS2(=O)=O)cc(-n2c(C)ccc2-c2cc(Cl)ccc2OCc2c(F)cccc2F)c1.Cc1ccc(-c2cc(Cl)ccc2OCc2c(F)cccc2F)n1-c1cc(C(=O)O)cc(N2CCCS2(=O)=O)c1. The Kier molecular flexibility index (Phi) is 16.2. The Bertz CT molecular complexity index is 3890. The van der Waals surface area contributed by atoms with E-state index >= 15 is 0 Å². The van der Waals surface area contributed by atoms with Gasteiger partial charge in [-0.1, -0.05) is 35.3 Å². The Morgan fingerprint density at radius 3 is 1.32 bits per heavy atom. The maximum absolute atomic E-state index is 14.3. The van der Waals surface area contributed by atoms with Crippen LogP contribution >= 0.6 is 23.2 Å². The number of aromatic carboxylic acids is 1. The molecule has 14 nitrogen and oxygen atoms in total. The first-order valence-corrected chi connectivity index (χ1v) is 28.3. The van der Waals surface area contributed by atoms with Crippen LogP contribution in [0.25, 0.3) is 33.9 Å². The molecule has 2 aromatic heterocycles. The third-order valence-electron chi connectivity index (χ3n) is 13.2. The van der Waals surface area contributed by atoms with E-state index in [1.165, 1.54) is 46.1 Å². The number of esters is 1. The average molecular weight is 1160 g/mol. The molecular formula is C57H48Cl2F4N4O10S2. The fourth-order valence-electron chi connectivity index (χ4n) is 9.43. The maximum atomic E-state index is 14.3. The summed E-state index contributed by atoms with van der Waals surface area (Å²) in [5, 5.41) is 10.6. The second-order valence-corrected chi connectivity index (χ2v) is 23.3. The number of rotatable bonds is 14. The van der Waals surface area contributed by atoms with Gasteiger partial charge < -0.3 is 28.5 Å². The summed E-state index contributed by atoms with van der Waals surface area (Å²) < 4.78 is 130. The fraction of sp³-hybridized carbons (Fsp3) is 0.193. The topological polar surface area (TPSA) is 167 Å². The number of aromatic nitrogens is 2. The molecule has 2 aliphatic heterocycles. The third kappa shape index (κ3) is 11.8. The second kappa shape index (κ2) is 22.9. The van der Waals surface area contributed by atoms with Gasteiger partial charge in [-0.05, 0) is 148 Å². The molecule has 1 N–H and O–H groups in total. The molecule has 0 spiro atoms. The largest absolute Gasteiger partial charge is 0.488 e. The molecule has 6 aromatic carbocycles. The number of nitrogens with zero attached hydrogens (tertiary/aromatic N) is 4. The molecule has 410 valence electrons. The predicted molar refractivity (Wildman–Crippen MR) is 293 cm³/mol. The van der Waals surface area contributed by atoms with Gasteiger partial charge in [0.15, 0.2) is 0 Å². The summed E-state index contributed by atoms with van der Waals surface area (Å²) in [6, 6.07) is 33.2. The summed E-state index contributed by atoms with van der Waals surface area (Å²) in [5.74, 6) is -4.14. The minimum atomic E-state index is -3.56. The smallest absolute Gasteiger partial charge is 0.337 e. The van der Waals surface area contributed by atoms with Crippen molar-refractivity contribution in [1.82, 2.24) is 9.13 Å². The lowest BCUT2D eigenvalue weighted by molar-refractivity contribution is 0.0599. The van der Waals surface area contributed by atoms with Crippen molar-refractivity contribution < 1.29 is 63.3 Å². The van der Waals surface area contributed by atoms with E-state index in [-0.39, 0.29) is 65.0 Å². The number of benzene rings is 6. The van der Waals surface area contributed by atoms with Crippen LogP contribution in [-0.2, 0) is 38.0 Å². The molecule has 0 atom stereocenters. The predicted octanol–water partition coefficient (Wildman–Crippen LogP) is 12.5. The first-order chi connectivity index (χ1) is 37.6. The highest BCUT2D eigenvalue weighted by Crippen LogP contribution is 2.40. The molecule has 0 amide bonds. The van der Waals surface area contributed by atoms with Gasteiger partial charge in [-0.25, -0.2) is 44.0 Å². The van der Waals surface area contributed by atoms with Gasteiger partial charge in [-0.15, -0.1) is 0 Å². The zero-order valence-corrected chi connectivity index (χ0v) is 45.5. The number of hydrogen-bond donors (Lipinski definition) is 1. The maximum Gasteiger partial charge on any atom is 0.337 e. The number of halogens is 6. The van der Waals surface area contributed by atoms with Gasteiger partial charge in [0.25, 0.3) is 0 Å². The van der Waals surface area contributed by atoms with Crippen LogP contribution in [0.3, 0.4) is 0 Å². The van der Waals surface area contributed by atoms with Gasteiger partial charge in [0.1, 0.15) is 48.0 Å². The monoisotopic (exact) mass is 1160 g/mol. The van der Waals surface area contributed by atoms with Gasteiger partial charge >= 0.3 is 11.9 Å². The lowest BCUT2D eigenvalue weighted by atomic mass is 10.1. The van der Waals surface area contributed by atoms with E-state index in [1.54, 1.807) is 71.3 Å². The quantitative estimate of drug-likeness (QED) is 0.0818. The second-order valence-electron chi connectivity index (χ2n) is 18.4. The van der Waals surface area contributed by atoms with Crippen molar-refractivity contribution in [3.05, 3.63) is 200 Å². The number of aryl methyl sites for hydroxylation is 2. The Morgan fingerprint density at radius 1 is 0.544 bits per heavy atom. The van der Waals surface area contributed by atoms with Crippen LogP contribution in [0.2, 0.25) is 10.0 Å². The number of methoxy groups -OCH3 is 1. The molecule has 0 saturated carbocycles. The zero-order valence-electron chi connectivity index (χ0n) is 42.4. The van der Waals surface area contributed by atoms with Crippen LogP contribution in [-0.4, -0.2) is 74.7 Å². The lowest BCUT2D eigenvalue weighted by Gasteiger charge is -2.21. The van der Waals surface area contributed by atoms with Crippen LogP contribution in [0.5, 0.6) is 11.5 Å². The minimum absolute atomic E-state index is 0.0146. The molecule has 2 saturated heterocycles. The summed E-state index contributed by atoms with van der Waals surface area (Å²) in [7, 11) is -5.84. The normalized spacial score (nSPS) is 14.4. The highest BCUT2D eigenvalue weighted by Gasteiger charge is 2.32. The number of carboxylic acid groups (broad SMARTS) is 1. The lowest BCUT2D eigenvalue weighted by Crippen LogP contribution is -2.25. The molecule has 0 aliphatic carbocycles. The van der Waals surface area contributed by atoms with Crippen molar-refractivity contribution in [1.29, 1.82) is 0 Å². The summed E-state index contributed by atoms with van der Waals surface area (Å²) in [6.45, 7) is 3.47. The van der Waals surface area contributed by atoms with E-state index in [1.807, 2.05) is 30.5 Å². The van der Waals surface area contributed by atoms with Crippen LogP contribution < -0.4 is 18.1 Å². The minimum Gasteiger partial charge on any atom is -0.488 e. The van der Waals surface area contributed by atoms with Crippen molar-refractivity contribution in [3.63, 3.8) is 0 Å². The van der Waals surface area contributed by atoms with Gasteiger partial charge in [0, 0.05) is 57.0 Å². The van der Waals surface area contributed by atoms with Crippen LogP contribution in [0, 0.1) is 37.1 Å². The highest BCUT2D eigenvalue weighted by molar-refractivity contribution is 7.93. The number of hydrogen-bond acceptors (Lipinski definition) is 9. The van der Waals surface area contributed by atoms with Gasteiger partial charge in [0.05, 0.1) is 63.6 Å². The molecule has 10 rings (SSSR count). The summed E-state index contributed by atoms with van der Waals surface area (Å²) in [4.78, 5) is 24.6. The van der Waals surface area contributed by atoms with E-state index in [4.69, 9.17) is 37.4 Å². The van der Waals surface area contributed by atoms with Crippen molar-refractivity contribution in [2.75, 3.05) is 40.3 Å². The number of carbonyl (C=O) groups is 2. The van der Waals surface area contributed by atoms with Gasteiger partial charge in [0.2, 0.25) is 20.0 Å². The Balaban J connectivity index is 0.000000192. The Labute approximate surface area is 462 Å². The highest BCUT2D eigenvalue weighted by atomic mass is 35.5. The van der Waals surface area contributed by atoms with Crippen molar-refractivity contribution in [2.45, 2.75) is 39.9 Å². The molecule has 22 heteroatoms. The van der Waals surface area contributed by atoms with Crippen LogP contribution in [0.4, 0.5) is 28.9 Å². The van der Waals surface area contributed by atoms with Gasteiger partial charge in [-0.3, -0.25) is 8.61 Å². The van der Waals surface area contributed by atoms with E-state index in [2.05, 4.69) is 0 Å². The Morgan fingerprint density at radius 2 is 0.937 bits per heavy atom. The molecular weight excluding hydrogens is 1110 g/mol. The number of carboxylic acids is 1. The van der Waals surface area contributed by atoms with E-state index < -0.39 is 55.3 Å². The summed E-state index contributed by atoms with van der Waals surface area (Å²) >= 11 is 12.7. The summed E-state index contributed by atoms with van der Waals surface area (Å²) in [6.07, 6.45) is 0.911. The molecule has 4 heterocycles. The summed E-state index contributed by atoms with van der Waals surface area (Å²) in [5.41, 5.74) is 4.80. The molecule has 2 fully saturated rings. The average Bonchev–Trinajstić information content (AvgIpc) is 4.41. The molecule has 2 aliphatic rings. The number of carbonyl (C=O) groups excluding carboxylic acids is 1.